The second-order valence-corrected chi connectivity index (χ2v) is 6.29. The number of nitrogens with zero attached hydrogens (tertiary/aromatic N) is 1. The van der Waals surface area contributed by atoms with Crippen LogP contribution in [-0.2, 0) is 11.3 Å². The molecule has 2 heterocycles. The number of benzene rings is 1. The van der Waals surface area contributed by atoms with Crippen LogP contribution in [0.25, 0.3) is 0 Å². The van der Waals surface area contributed by atoms with Crippen LogP contribution in [0.5, 0.6) is 11.5 Å². The number of carbonyl (C=O) groups is 1. The Bertz CT molecular complexity index is 753. The molecule has 1 aromatic carbocycles. The summed E-state index contributed by atoms with van der Waals surface area (Å²) in [6.45, 7) is 1.23. The molecule has 0 radical (unpaired) electrons. The zero-order valence-corrected chi connectivity index (χ0v) is 14.7. The fourth-order valence-electron chi connectivity index (χ4n) is 2.30. The van der Waals surface area contributed by atoms with Crippen molar-refractivity contribution >= 4 is 29.3 Å². The van der Waals surface area contributed by atoms with Gasteiger partial charge in [0, 0.05) is 12.6 Å². The highest BCUT2D eigenvalue weighted by atomic mass is 35.5. The van der Waals surface area contributed by atoms with Gasteiger partial charge in [0.25, 0.3) is 0 Å². The summed E-state index contributed by atoms with van der Waals surface area (Å²) >= 11 is 7.64. The summed E-state index contributed by atoms with van der Waals surface area (Å²) in [7, 11) is 0. The highest BCUT2D eigenvalue weighted by Gasteiger charge is 2.17. The number of pyridine rings is 1. The van der Waals surface area contributed by atoms with Crippen LogP contribution < -0.4 is 9.47 Å². The summed E-state index contributed by atoms with van der Waals surface area (Å²) in [5.41, 5.74) is 1.19. The fraction of sp³-hybridized carbons (Fsp3) is 0.294. The third-order valence-electron chi connectivity index (χ3n) is 3.42. The SMILES string of the molecule is CSc1ncccc1C(=O)OCc1cc(Cl)c2c(c1)OCCCO2. The number of aromatic nitrogens is 1. The van der Waals surface area contributed by atoms with Crippen LogP contribution in [-0.4, -0.2) is 30.4 Å². The molecule has 0 amide bonds. The average Bonchev–Trinajstić information content (AvgIpc) is 2.85. The van der Waals surface area contributed by atoms with Crippen LogP contribution in [0.15, 0.2) is 35.5 Å². The number of fused-ring (bicyclic) bond motifs is 1. The number of rotatable bonds is 4. The molecule has 1 aliphatic rings. The lowest BCUT2D eigenvalue weighted by Crippen LogP contribution is -2.07. The Labute approximate surface area is 149 Å². The van der Waals surface area contributed by atoms with Gasteiger partial charge in [-0.1, -0.05) is 11.6 Å². The van der Waals surface area contributed by atoms with E-state index < -0.39 is 5.97 Å². The number of carbonyl (C=O) groups excluding carboxylic acids is 1. The molecule has 0 N–H and O–H groups in total. The molecular formula is C17H16ClNO4S. The third kappa shape index (κ3) is 3.76. The standard InChI is InChI=1S/C17H16ClNO4S/c1-24-16-12(4-2-5-19-16)17(20)23-10-11-8-13(18)15-14(9-11)21-6-3-7-22-15/h2,4-5,8-9H,3,6-7,10H2,1H3. The number of hydrogen-bond acceptors (Lipinski definition) is 6. The van der Waals surface area contributed by atoms with E-state index in [9.17, 15) is 4.79 Å². The zero-order chi connectivity index (χ0) is 16.9. The van der Waals surface area contributed by atoms with Crippen LogP contribution in [0.2, 0.25) is 5.02 Å². The third-order valence-corrected chi connectivity index (χ3v) is 4.41. The number of esters is 1. The zero-order valence-electron chi connectivity index (χ0n) is 13.1. The first-order chi connectivity index (χ1) is 11.7. The van der Waals surface area contributed by atoms with Crippen LogP contribution in [0.3, 0.4) is 0 Å². The number of ether oxygens (including phenoxy) is 3. The van der Waals surface area contributed by atoms with E-state index >= 15 is 0 Å². The molecule has 0 fully saturated rings. The van der Waals surface area contributed by atoms with Gasteiger partial charge in [0.2, 0.25) is 0 Å². The Morgan fingerprint density at radius 2 is 2.21 bits per heavy atom. The van der Waals surface area contributed by atoms with Gasteiger partial charge in [0.15, 0.2) is 11.5 Å². The largest absolute Gasteiger partial charge is 0.489 e. The van der Waals surface area contributed by atoms with Gasteiger partial charge in [-0.3, -0.25) is 0 Å². The average molecular weight is 366 g/mol. The quantitative estimate of drug-likeness (QED) is 0.603. The van der Waals surface area contributed by atoms with E-state index in [1.54, 1.807) is 30.5 Å². The minimum absolute atomic E-state index is 0.0951. The van der Waals surface area contributed by atoms with E-state index in [1.807, 2.05) is 6.26 Å². The lowest BCUT2D eigenvalue weighted by atomic mass is 10.2. The molecule has 5 nitrogen and oxygen atoms in total. The number of halogens is 1. The minimum Gasteiger partial charge on any atom is -0.489 e. The Morgan fingerprint density at radius 3 is 3.04 bits per heavy atom. The molecule has 0 bridgehead atoms. The normalized spacial score (nSPS) is 13.2. The molecule has 1 aromatic heterocycles. The van der Waals surface area contributed by atoms with Gasteiger partial charge in [-0.15, -0.1) is 11.8 Å². The van der Waals surface area contributed by atoms with Gasteiger partial charge in [-0.05, 0) is 36.1 Å². The molecule has 0 saturated carbocycles. The van der Waals surface area contributed by atoms with E-state index in [4.69, 9.17) is 25.8 Å². The van der Waals surface area contributed by atoms with Crippen molar-refractivity contribution in [3.63, 3.8) is 0 Å². The van der Waals surface area contributed by atoms with E-state index in [2.05, 4.69) is 4.98 Å². The maximum atomic E-state index is 12.3. The van der Waals surface area contributed by atoms with E-state index in [1.165, 1.54) is 11.8 Å². The summed E-state index contributed by atoms with van der Waals surface area (Å²) in [6, 6.07) is 6.92. The first-order valence-electron chi connectivity index (χ1n) is 7.43. The van der Waals surface area contributed by atoms with E-state index in [-0.39, 0.29) is 6.61 Å². The molecule has 0 unspecified atom stereocenters. The van der Waals surface area contributed by atoms with Crippen molar-refractivity contribution in [2.45, 2.75) is 18.1 Å². The van der Waals surface area contributed by atoms with Crippen LogP contribution in [0, 0.1) is 0 Å². The van der Waals surface area contributed by atoms with Gasteiger partial charge >= 0.3 is 5.97 Å². The predicted molar refractivity (Wildman–Crippen MR) is 92.2 cm³/mol. The van der Waals surface area contributed by atoms with Crippen molar-refractivity contribution in [1.82, 2.24) is 4.98 Å². The molecule has 0 aliphatic carbocycles. The molecule has 3 rings (SSSR count). The molecule has 0 atom stereocenters. The summed E-state index contributed by atoms with van der Waals surface area (Å²) < 4.78 is 16.6. The Hall–Kier alpha value is -1.92. The maximum Gasteiger partial charge on any atom is 0.341 e. The lowest BCUT2D eigenvalue weighted by Gasteiger charge is -2.12. The minimum atomic E-state index is -0.421. The summed E-state index contributed by atoms with van der Waals surface area (Å²) in [4.78, 5) is 16.4. The van der Waals surface area contributed by atoms with E-state index in [0.29, 0.717) is 40.3 Å². The Morgan fingerprint density at radius 1 is 1.38 bits per heavy atom. The van der Waals surface area contributed by atoms with Crippen molar-refractivity contribution in [2.24, 2.45) is 0 Å². The first kappa shape index (κ1) is 16.9. The molecule has 0 saturated heterocycles. The molecular weight excluding hydrogens is 350 g/mol. The van der Waals surface area contributed by atoms with Crippen molar-refractivity contribution in [3.05, 3.63) is 46.6 Å². The van der Waals surface area contributed by atoms with Gasteiger partial charge in [-0.25, -0.2) is 9.78 Å². The summed E-state index contributed by atoms with van der Waals surface area (Å²) in [5.74, 6) is 0.703. The molecule has 7 heteroatoms. The van der Waals surface area contributed by atoms with Crippen molar-refractivity contribution in [3.8, 4) is 11.5 Å². The first-order valence-corrected chi connectivity index (χ1v) is 9.03. The van der Waals surface area contributed by atoms with Crippen LogP contribution >= 0.6 is 23.4 Å². The number of hydrogen-bond donors (Lipinski definition) is 0. The van der Waals surface area contributed by atoms with Crippen molar-refractivity contribution in [1.29, 1.82) is 0 Å². The maximum absolute atomic E-state index is 12.3. The summed E-state index contributed by atoms with van der Waals surface area (Å²) in [5, 5.41) is 1.09. The number of thioether (sulfide) groups is 1. The second kappa shape index (κ2) is 7.77. The van der Waals surface area contributed by atoms with Crippen LogP contribution in [0.4, 0.5) is 0 Å². The topological polar surface area (TPSA) is 57.7 Å². The molecule has 2 aromatic rings. The van der Waals surface area contributed by atoms with Crippen molar-refractivity contribution < 1.29 is 19.0 Å². The molecule has 0 spiro atoms. The summed E-state index contributed by atoms with van der Waals surface area (Å²) in [6.07, 6.45) is 4.31. The Kier molecular flexibility index (Phi) is 5.48. The van der Waals surface area contributed by atoms with Gasteiger partial charge < -0.3 is 14.2 Å². The predicted octanol–water partition coefficient (Wildman–Crippen LogP) is 3.98. The fourth-order valence-corrected chi connectivity index (χ4v) is 3.13. The lowest BCUT2D eigenvalue weighted by molar-refractivity contribution is 0.0467. The van der Waals surface area contributed by atoms with Crippen LogP contribution in [0.1, 0.15) is 22.3 Å². The molecule has 1 aliphatic heterocycles. The monoisotopic (exact) mass is 365 g/mol. The molecule has 24 heavy (non-hydrogen) atoms. The Balaban J connectivity index is 1.74. The smallest absolute Gasteiger partial charge is 0.341 e. The highest BCUT2D eigenvalue weighted by molar-refractivity contribution is 7.98. The van der Waals surface area contributed by atoms with Crippen molar-refractivity contribution in [2.75, 3.05) is 19.5 Å². The van der Waals surface area contributed by atoms with Gasteiger partial charge in [0.05, 0.1) is 23.8 Å². The molecule has 126 valence electrons. The second-order valence-electron chi connectivity index (χ2n) is 5.09. The highest BCUT2D eigenvalue weighted by Crippen LogP contribution is 2.38. The van der Waals surface area contributed by atoms with E-state index in [0.717, 1.165) is 12.0 Å². The van der Waals surface area contributed by atoms with Gasteiger partial charge in [0.1, 0.15) is 11.6 Å². The van der Waals surface area contributed by atoms with Gasteiger partial charge in [-0.2, -0.15) is 0 Å².